The number of para-hydroxylation sites is 3. The number of nitriles is 1. The van der Waals surface area contributed by atoms with Crippen molar-refractivity contribution in [3.63, 3.8) is 0 Å². The Bertz CT molecular complexity index is 3230. The van der Waals surface area contributed by atoms with Crippen LogP contribution in [0.1, 0.15) is 26.3 Å². The van der Waals surface area contributed by atoms with Crippen LogP contribution in [0.15, 0.2) is 150 Å². The zero-order valence-corrected chi connectivity index (χ0v) is 27.4. The molecule has 0 saturated carbocycles. The highest BCUT2D eigenvalue weighted by Crippen LogP contribution is 2.44. The van der Waals surface area contributed by atoms with E-state index in [1.54, 1.807) is 42.5 Å². The molecule has 0 atom stereocenters. The van der Waals surface area contributed by atoms with Crippen LogP contribution in [0, 0.1) is 11.3 Å². The van der Waals surface area contributed by atoms with Gasteiger partial charge < -0.3 is 13.6 Å². The molecule has 2 amide bonds. The summed E-state index contributed by atoms with van der Waals surface area (Å²) in [6.07, 6.45) is 0. The van der Waals surface area contributed by atoms with Crippen LogP contribution < -0.4 is 4.90 Å². The molecule has 7 heteroatoms. The summed E-state index contributed by atoms with van der Waals surface area (Å²) in [6.45, 7) is 0. The highest BCUT2D eigenvalue weighted by molar-refractivity contribution is 6.34. The van der Waals surface area contributed by atoms with E-state index in [4.69, 9.17) is 4.42 Å². The summed E-state index contributed by atoms with van der Waals surface area (Å²) in [5, 5.41) is 16.8. The molecule has 3 aromatic heterocycles. The number of hydrogen-bond donors (Lipinski definition) is 0. The van der Waals surface area contributed by atoms with Crippen molar-refractivity contribution in [2.75, 3.05) is 4.90 Å². The van der Waals surface area contributed by atoms with Gasteiger partial charge in [-0.3, -0.25) is 9.59 Å². The number of carbonyl (C=O) groups excluding carboxylic acids is 2. The molecule has 4 heterocycles. The Balaban J connectivity index is 1.19. The third kappa shape index (κ3) is 3.67. The van der Waals surface area contributed by atoms with Gasteiger partial charge in [-0.1, -0.05) is 66.7 Å². The van der Waals surface area contributed by atoms with Crippen molar-refractivity contribution in [3.05, 3.63) is 162 Å². The van der Waals surface area contributed by atoms with E-state index in [1.165, 1.54) is 4.90 Å². The quantitative estimate of drug-likeness (QED) is 0.175. The average Bonchev–Trinajstić information content (AvgIpc) is 3.90. The van der Waals surface area contributed by atoms with Gasteiger partial charge in [-0.05, 0) is 78.9 Å². The van der Waals surface area contributed by atoms with Gasteiger partial charge >= 0.3 is 0 Å². The molecule has 0 radical (unpaired) electrons. The standard InChI is InChI=1S/C45H24N4O3/c46-25-26-17-18-28(48-44(50)30-10-1-2-11-31(30)45(48)51)24-39(26)49-36-15-7-4-13-33(36)43-38(49)21-20-37-42(43)32-12-3-6-14-35(32)47(37)27-19-22-41-34(23-27)29-9-5-8-16-40(29)52-41/h1-24H. The van der Waals surface area contributed by atoms with Gasteiger partial charge in [0.1, 0.15) is 17.2 Å². The third-order valence-corrected chi connectivity index (χ3v) is 10.5. The molecule has 0 aliphatic carbocycles. The molecule has 242 valence electrons. The number of fused-ring (bicyclic) bond motifs is 11. The molecular formula is C45H24N4O3. The Morgan fingerprint density at radius 1 is 0.481 bits per heavy atom. The van der Waals surface area contributed by atoms with E-state index in [9.17, 15) is 14.9 Å². The molecule has 0 unspecified atom stereocenters. The number of hydrogen-bond acceptors (Lipinski definition) is 4. The number of amides is 2. The number of carbonyl (C=O) groups is 2. The lowest BCUT2D eigenvalue weighted by Crippen LogP contribution is -2.29. The zero-order chi connectivity index (χ0) is 34.7. The lowest BCUT2D eigenvalue weighted by atomic mass is 10.1. The van der Waals surface area contributed by atoms with E-state index >= 15 is 0 Å². The van der Waals surface area contributed by atoms with E-state index in [0.717, 1.165) is 71.2 Å². The predicted molar refractivity (Wildman–Crippen MR) is 205 cm³/mol. The molecular weight excluding hydrogens is 645 g/mol. The van der Waals surface area contributed by atoms with Gasteiger partial charge in [-0.2, -0.15) is 5.26 Å². The number of furan rings is 1. The first-order valence-electron chi connectivity index (χ1n) is 17.0. The van der Waals surface area contributed by atoms with Gasteiger partial charge in [0.2, 0.25) is 0 Å². The van der Waals surface area contributed by atoms with Crippen LogP contribution >= 0.6 is 0 Å². The maximum Gasteiger partial charge on any atom is 0.266 e. The minimum Gasteiger partial charge on any atom is -0.456 e. The molecule has 52 heavy (non-hydrogen) atoms. The molecule has 7 aromatic carbocycles. The summed E-state index contributed by atoms with van der Waals surface area (Å²) in [5.74, 6) is -0.760. The fourth-order valence-corrected chi connectivity index (χ4v) is 8.27. The number of anilines is 1. The summed E-state index contributed by atoms with van der Waals surface area (Å²) >= 11 is 0. The van der Waals surface area contributed by atoms with Gasteiger partial charge in [-0.15, -0.1) is 0 Å². The summed E-state index contributed by atoms with van der Waals surface area (Å²) < 4.78 is 10.6. The highest BCUT2D eigenvalue weighted by Gasteiger charge is 2.36. The van der Waals surface area contributed by atoms with Crippen molar-refractivity contribution < 1.29 is 14.0 Å². The van der Waals surface area contributed by atoms with E-state index < -0.39 is 0 Å². The number of benzene rings is 7. The van der Waals surface area contributed by atoms with Crippen molar-refractivity contribution in [1.82, 2.24) is 9.13 Å². The average molecular weight is 669 g/mol. The van der Waals surface area contributed by atoms with E-state index in [1.807, 2.05) is 42.5 Å². The van der Waals surface area contributed by atoms with Gasteiger partial charge in [-0.25, -0.2) is 4.90 Å². The zero-order valence-electron chi connectivity index (χ0n) is 27.4. The van der Waals surface area contributed by atoms with Crippen molar-refractivity contribution >= 4 is 83.1 Å². The summed E-state index contributed by atoms with van der Waals surface area (Å²) in [5.41, 5.74) is 8.80. The van der Waals surface area contributed by atoms with Crippen molar-refractivity contribution in [1.29, 1.82) is 5.26 Å². The fraction of sp³-hybridized carbons (Fsp3) is 0. The number of nitrogens with zero attached hydrogens (tertiary/aromatic N) is 4. The van der Waals surface area contributed by atoms with Gasteiger partial charge in [0, 0.05) is 38.0 Å². The van der Waals surface area contributed by atoms with Crippen LogP contribution in [0.2, 0.25) is 0 Å². The molecule has 0 fully saturated rings. The SMILES string of the molecule is N#Cc1ccc(N2C(=O)c3ccccc3C2=O)cc1-n1c2ccccc2c2c3c4ccccc4n(-c4ccc5oc6ccccc6c5c4)c3ccc21. The molecule has 7 nitrogen and oxygen atoms in total. The first-order valence-corrected chi connectivity index (χ1v) is 17.0. The van der Waals surface area contributed by atoms with Gasteiger partial charge in [0.05, 0.1) is 50.1 Å². The number of imide groups is 1. The van der Waals surface area contributed by atoms with Gasteiger partial charge in [0.15, 0.2) is 0 Å². The molecule has 0 N–H and O–H groups in total. The maximum atomic E-state index is 13.5. The monoisotopic (exact) mass is 668 g/mol. The summed E-state index contributed by atoms with van der Waals surface area (Å²) in [7, 11) is 0. The summed E-state index contributed by atoms with van der Waals surface area (Å²) in [4.78, 5) is 28.2. The second kappa shape index (κ2) is 10.3. The predicted octanol–water partition coefficient (Wildman–Crippen LogP) is 10.5. The van der Waals surface area contributed by atoms with Crippen molar-refractivity contribution in [2.45, 2.75) is 0 Å². The molecule has 0 bridgehead atoms. The molecule has 1 aliphatic rings. The maximum absolute atomic E-state index is 13.5. The second-order valence-electron chi connectivity index (χ2n) is 13.1. The van der Waals surface area contributed by atoms with Gasteiger partial charge in [0.25, 0.3) is 11.8 Å². The highest BCUT2D eigenvalue weighted by atomic mass is 16.3. The Morgan fingerprint density at radius 3 is 1.73 bits per heavy atom. The molecule has 0 saturated heterocycles. The van der Waals surface area contributed by atoms with Crippen LogP contribution in [0.5, 0.6) is 0 Å². The van der Waals surface area contributed by atoms with Crippen LogP contribution in [0.25, 0.3) is 76.9 Å². The van der Waals surface area contributed by atoms with E-state index in [2.05, 4.69) is 75.9 Å². The lowest BCUT2D eigenvalue weighted by molar-refractivity contribution is 0.0926. The van der Waals surface area contributed by atoms with Crippen LogP contribution in [0.3, 0.4) is 0 Å². The third-order valence-electron chi connectivity index (χ3n) is 10.5. The minimum atomic E-state index is -0.380. The van der Waals surface area contributed by atoms with E-state index in [0.29, 0.717) is 28.1 Å². The van der Waals surface area contributed by atoms with Crippen molar-refractivity contribution in [2.24, 2.45) is 0 Å². The molecule has 11 rings (SSSR count). The Hall–Kier alpha value is -7.43. The first kappa shape index (κ1) is 28.4. The second-order valence-corrected chi connectivity index (χ2v) is 13.1. The Kier molecular flexibility index (Phi) is 5.63. The number of aromatic nitrogens is 2. The van der Waals surface area contributed by atoms with Crippen LogP contribution in [0.4, 0.5) is 5.69 Å². The normalized spacial score (nSPS) is 13.0. The smallest absolute Gasteiger partial charge is 0.266 e. The largest absolute Gasteiger partial charge is 0.456 e. The fourth-order valence-electron chi connectivity index (χ4n) is 8.27. The first-order chi connectivity index (χ1) is 25.6. The Labute approximate surface area is 295 Å². The van der Waals surface area contributed by atoms with Crippen LogP contribution in [-0.2, 0) is 0 Å². The number of rotatable bonds is 3. The minimum absolute atomic E-state index is 0.370. The summed E-state index contributed by atoms with van der Waals surface area (Å²) in [6, 6.07) is 49.7. The molecule has 0 spiro atoms. The van der Waals surface area contributed by atoms with Crippen LogP contribution in [-0.4, -0.2) is 20.9 Å². The topological polar surface area (TPSA) is 84.2 Å². The molecule has 1 aliphatic heterocycles. The van der Waals surface area contributed by atoms with Crippen molar-refractivity contribution in [3.8, 4) is 17.4 Å². The van der Waals surface area contributed by atoms with E-state index in [-0.39, 0.29) is 11.8 Å². The lowest BCUT2D eigenvalue weighted by Gasteiger charge is -2.17. The Morgan fingerprint density at radius 2 is 1.04 bits per heavy atom. The molecule has 10 aromatic rings.